The first-order valence-corrected chi connectivity index (χ1v) is 7.96. The van der Waals surface area contributed by atoms with E-state index in [2.05, 4.69) is 18.7 Å². The Morgan fingerprint density at radius 1 is 1.22 bits per heavy atom. The summed E-state index contributed by atoms with van der Waals surface area (Å²) in [7, 11) is 0. The van der Waals surface area contributed by atoms with Crippen LogP contribution in [0.15, 0.2) is 0 Å². The van der Waals surface area contributed by atoms with E-state index in [0.29, 0.717) is 12.5 Å². The molecule has 1 fully saturated rings. The molecule has 0 unspecified atom stereocenters. The summed E-state index contributed by atoms with van der Waals surface area (Å²) < 4.78 is 0. The maximum absolute atomic E-state index is 5.85. The molecule has 0 aromatic carbocycles. The van der Waals surface area contributed by atoms with Crippen LogP contribution in [0.2, 0.25) is 0 Å². The molecule has 102 valence electrons. The van der Waals surface area contributed by atoms with E-state index in [4.69, 9.17) is 10.7 Å². The lowest BCUT2D eigenvalue weighted by Gasteiger charge is -2.18. The molecule has 4 heteroatoms. The summed E-state index contributed by atoms with van der Waals surface area (Å²) in [5, 5.41) is 1.20. The minimum absolute atomic E-state index is 0.632. The summed E-state index contributed by atoms with van der Waals surface area (Å²) in [6, 6.07) is 0. The molecule has 0 atom stereocenters. The fourth-order valence-corrected chi connectivity index (χ4v) is 3.49. The van der Waals surface area contributed by atoms with E-state index in [-0.39, 0.29) is 0 Å². The quantitative estimate of drug-likeness (QED) is 0.911. The van der Waals surface area contributed by atoms with Crippen LogP contribution < -0.4 is 10.6 Å². The molecule has 0 amide bonds. The highest BCUT2D eigenvalue weighted by Crippen LogP contribution is 2.29. The van der Waals surface area contributed by atoms with Crippen LogP contribution in [0.1, 0.15) is 50.1 Å². The zero-order valence-electron chi connectivity index (χ0n) is 11.6. The van der Waals surface area contributed by atoms with E-state index in [1.807, 2.05) is 11.3 Å². The van der Waals surface area contributed by atoms with Crippen molar-refractivity contribution < 1.29 is 0 Å². The van der Waals surface area contributed by atoms with E-state index >= 15 is 0 Å². The molecule has 2 N–H and O–H groups in total. The first-order valence-electron chi connectivity index (χ1n) is 7.14. The van der Waals surface area contributed by atoms with Crippen LogP contribution in [0.4, 0.5) is 5.13 Å². The summed E-state index contributed by atoms with van der Waals surface area (Å²) in [6.45, 7) is 7.45. The van der Waals surface area contributed by atoms with Crippen molar-refractivity contribution >= 4 is 16.5 Å². The lowest BCUT2D eigenvalue weighted by molar-refractivity contribution is 0.632. The molecule has 1 aliphatic rings. The van der Waals surface area contributed by atoms with Crippen LogP contribution in [0.3, 0.4) is 0 Å². The molecule has 0 spiro atoms. The second kappa shape index (κ2) is 6.53. The van der Waals surface area contributed by atoms with Crippen LogP contribution in [0, 0.1) is 5.92 Å². The maximum Gasteiger partial charge on any atom is 0.185 e. The number of thiazole rings is 1. The molecular weight excluding hydrogens is 242 g/mol. The molecule has 0 radical (unpaired) electrons. The third-order valence-corrected chi connectivity index (χ3v) is 4.61. The number of aromatic nitrogens is 1. The van der Waals surface area contributed by atoms with Gasteiger partial charge in [-0.25, -0.2) is 4.98 Å². The van der Waals surface area contributed by atoms with Gasteiger partial charge in [0.2, 0.25) is 0 Å². The molecule has 1 saturated heterocycles. The average Bonchev–Trinajstić information content (AvgIpc) is 2.57. The van der Waals surface area contributed by atoms with Gasteiger partial charge in [-0.05, 0) is 25.2 Å². The summed E-state index contributed by atoms with van der Waals surface area (Å²) in [4.78, 5) is 8.59. The highest BCUT2D eigenvalue weighted by Gasteiger charge is 2.17. The van der Waals surface area contributed by atoms with Crippen molar-refractivity contribution in [1.29, 1.82) is 0 Å². The number of rotatable bonds is 4. The van der Waals surface area contributed by atoms with Crippen molar-refractivity contribution in [2.45, 2.75) is 52.5 Å². The van der Waals surface area contributed by atoms with E-state index in [1.54, 1.807) is 0 Å². The normalized spacial score (nSPS) is 17.2. The SMILES string of the molecule is CC(C)Cc1nc(N2CCCCCC2)sc1CN. The van der Waals surface area contributed by atoms with Gasteiger partial charge in [-0.15, -0.1) is 11.3 Å². The molecule has 1 aromatic heterocycles. The van der Waals surface area contributed by atoms with Gasteiger partial charge in [0, 0.05) is 24.5 Å². The van der Waals surface area contributed by atoms with E-state index < -0.39 is 0 Å². The average molecular weight is 267 g/mol. The standard InChI is InChI=1S/C14H25N3S/c1-11(2)9-12-13(10-15)18-14(16-12)17-7-5-3-4-6-8-17/h11H,3-10,15H2,1-2H3. The molecule has 0 bridgehead atoms. The summed E-state index contributed by atoms with van der Waals surface area (Å²) in [6.07, 6.45) is 6.39. The lowest BCUT2D eigenvalue weighted by Crippen LogP contribution is -2.23. The van der Waals surface area contributed by atoms with Gasteiger partial charge in [-0.2, -0.15) is 0 Å². The fraction of sp³-hybridized carbons (Fsp3) is 0.786. The van der Waals surface area contributed by atoms with Crippen LogP contribution >= 0.6 is 11.3 Å². The topological polar surface area (TPSA) is 42.2 Å². The van der Waals surface area contributed by atoms with Gasteiger partial charge in [0.15, 0.2) is 5.13 Å². The Kier molecular flexibility index (Phi) is 5.01. The number of nitrogens with two attached hydrogens (primary N) is 1. The van der Waals surface area contributed by atoms with Gasteiger partial charge in [0.25, 0.3) is 0 Å². The van der Waals surface area contributed by atoms with Crippen molar-refractivity contribution in [3.05, 3.63) is 10.6 Å². The van der Waals surface area contributed by atoms with E-state index in [1.165, 1.54) is 54.5 Å². The molecule has 2 heterocycles. The molecule has 0 aliphatic carbocycles. The second-order valence-corrected chi connectivity index (χ2v) is 6.63. The molecule has 1 aliphatic heterocycles. The molecule has 3 nitrogen and oxygen atoms in total. The van der Waals surface area contributed by atoms with Crippen molar-refractivity contribution in [3.8, 4) is 0 Å². The smallest absolute Gasteiger partial charge is 0.185 e. The van der Waals surface area contributed by atoms with Gasteiger partial charge >= 0.3 is 0 Å². The number of nitrogens with zero attached hydrogens (tertiary/aromatic N) is 2. The molecule has 2 rings (SSSR count). The van der Waals surface area contributed by atoms with Crippen LogP contribution in [0.5, 0.6) is 0 Å². The minimum Gasteiger partial charge on any atom is -0.348 e. The minimum atomic E-state index is 0.632. The Bertz CT molecular complexity index is 365. The first-order chi connectivity index (χ1) is 8.70. The van der Waals surface area contributed by atoms with Gasteiger partial charge in [0.1, 0.15) is 0 Å². The lowest BCUT2D eigenvalue weighted by atomic mass is 10.1. The number of hydrogen-bond acceptors (Lipinski definition) is 4. The Morgan fingerprint density at radius 3 is 2.44 bits per heavy atom. The summed E-state index contributed by atoms with van der Waals surface area (Å²) in [5.74, 6) is 0.648. The van der Waals surface area contributed by atoms with Crippen LogP contribution in [-0.2, 0) is 13.0 Å². The molecule has 0 saturated carbocycles. The van der Waals surface area contributed by atoms with Gasteiger partial charge in [-0.1, -0.05) is 26.7 Å². The maximum atomic E-state index is 5.85. The van der Waals surface area contributed by atoms with Crippen molar-refractivity contribution in [1.82, 2.24) is 4.98 Å². The largest absolute Gasteiger partial charge is 0.348 e. The Morgan fingerprint density at radius 2 is 1.89 bits per heavy atom. The zero-order chi connectivity index (χ0) is 13.0. The Balaban J connectivity index is 2.14. The van der Waals surface area contributed by atoms with Gasteiger partial charge in [0.05, 0.1) is 5.69 Å². The predicted octanol–water partition coefficient (Wildman–Crippen LogP) is 3.18. The highest BCUT2D eigenvalue weighted by molar-refractivity contribution is 7.15. The molecule has 18 heavy (non-hydrogen) atoms. The van der Waals surface area contributed by atoms with Gasteiger partial charge < -0.3 is 10.6 Å². The number of anilines is 1. The predicted molar refractivity (Wildman–Crippen MR) is 79.2 cm³/mol. The van der Waals surface area contributed by atoms with E-state index in [9.17, 15) is 0 Å². The number of hydrogen-bond donors (Lipinski definition) is 1. The second-order valence-electron chi connectivity index (χ2n) is 5.57. The van der Waals surface area contributed by atoms with Crippen molar-refractivity contribution in [2.75, 3.05) is 18.0 Å². The first kappa shape index (κ1) is 13.8. The van der Waals surface area contributed by atoms with Gasteiger partial charge in [-0.3, -0.25) is 0 Å². The Hall–Kier alpha value is -0.610. The molecule has 1 aromatic rings. The third-order valence-electron chi connectivity index (χ3n) is 3.43. The summed E-state index contributed by atoms with van der Waals surface area (Å²) in [5.41, 5.74) is 7.09. The summed E-state index contributed by atoms with van der Waals surface area (Å²) >= 11 is 1.81. The molecular formula is C14H25N3S. The highest BCUT2D eigenvalue weighted by atomic mass is 32.1. The fourth-order valence-electron chi connectivity index (χ4n) is 2.47. The zero-order valence-corrected chi connectivity index (χ0v) is 12.4. The van der Waals surface area contributed by atoms with Crippen molar-refractivity contribution in [2.24, 2.45) is 11.7 Å². The third kappa shape index (κ3) is 3.45. The monoisotopic (exact) mass is 267 g/mol. The van der Waals surface area contributed by atoms with Crippen LogP contribution in [0.25, 0.3) is 0 Å². The Labute approximate surface area is 114 Å². The van der Waals surface area contributed by atoms with Crippen molar-refractivity contribution in [3.63, 3.8) is 0 Å². The van der Waals surface area contributed by atoms with Crippen LogP contribution in [-0.4, -0.2) is 18.1 Å². The van der Waals surface area contributed by atoms with E-state index in [0.717, 1.165) is 6.42 Å².